The van der Waals surface area contributed by atoms with Crippen LogP contribution in [0.2, 0.25) is 0 Å². The van der Waals surface area contributed by atoms with Gasteiger partial charge in [-0.3, -0.25) is 4.79 Å². The highest BCUT2D eigenvalue weighted by Crippen LogP contribution is 2.36. The molecule has 5 heteroatoms. The topological polar surface area (TPSA) is 37.3 Å². The van der Waals surface area contributed by atoms with Crippen molar-refractivity contribution in [3.8, 4) is 0 Å². The van der Waals surface area contributed by atoms with E-state index in [-0.39, 0.29) is 17.8 Å². The fourth-order valence-corrected chi connectivity index (χ4v) is 5.55. The van der Waals surface area contributed by atoms with Crippen LogP contribution in [0.4, 0.5) is 0 Å². The third-order valence-electron chi connectivity index (χ3n) is 4.00. The molecule has 3 atom stereocenters. The summed E-state index contributed by atoms with van der Waals surface area (Å²) in [6.45, 7) is 5.81. The number of aliphatic hydroxyl groups is 1. The van der Waals surface area contributed by atoms with E-state index in [1.807, 2.05) is 12.2 Å². The van der Waals surface area contributed by atoms with E-state index in [9.17, 15) is 9.90 Å². The van der Waals surface area contributed by atoms with Crippen molar-refractivity contribution in [3.05, 3.63) is 40.2 Å². The molecule has 1 N–H and O–H groups in total. The van der Waals surface area contributed by atoms with Crippen molar-refractivity contribution in [2.75, 3.05) is 5.75 Å². The van der Waals surface area contributed by atoms with Crippen LogP contribution in [0.1, 0.15) is 24.1 Å². The lowest BCUT2D eigenvalue weighted by atomic mass is 9.91. The van der Waals surface area contributed by atoms with E-state index in [0.29, 0.717) is 11.7 Å². The lowest BCUT2D eigenvalue weighted by Gasteiger charge is -2.17. The molecule has 0 spiro atoms. The van der Waals surface area contributed by atoms with Gasteiger partial charge in [-0.2, -0.15) is 0 Å². The lowest BCUT2D eigenvalue weighted by Crippen LogP contribution is -2.17. The Kier molecular flexibility index (Phi) is 6.93. The molecule has 0 aromatic carbocycles. The number of thiophene rings is 1. The third-order valence-corrected chi connectivity index (χ3v) is 7.37. The summed E-state index contributed by atoms with van der Waals surface area (Å²) in [6.07, 6.45) is 7.86. The van der Waals surface area contributed by atoms with Crippen molar-refractivity contribution in [1.82, 2.24) is 0 Å². The molecule has 1 aliphatic carbocycles. The fraction of sp³-hybridized carbons (Fsp3) is 0.471. The van der Waals surface area contributed by atoms with Gasteiger partial charge in [-0.15, -0.1) is 29.7 Å². The number of carbonyl (C=O) groups is 1. The van der Waals surface area contributed by atoms with Gasteiger partial charge in [0.1, 0.15) is 0 Å². The van der Waals surface area contributed by atoms with Crippen molar-refractivity contribution < 1.29 is 9.90 Å². The van der Waals surface area contributed by atoms with Gasteiger partial charge in [-0.25, -0.2) is 0 Å². The minimum absolute atomic E-state index is 0.130. The maximum atomic E-state index is 12.0. The molecule has 0 radical (unpaired) electrons. The normalized spacial score (nSPS) is 25.0. The molecule has 1 fully saturated rings. The SMILES string of the molecule is C=CC[C@H]1C(O)CC[C@@H]1/C=C/C(=O)CSc1cc(Br)c(C)s1. The Morgan fingerprint density at radius 2 is 2.36 bits per heavy atom. The Labute approximate surface area is 148 Å². The first-order chi connectivity index (χ1) is 10.5. The highest BCUT2D eigenvalue weighted by molar-refractivity contribution is 9.10. The van der Waals surface area contributed by atoms with Crippen molar-refractivity contribution in [2.45, 2.75) is 36.5 Å². The summed E-state index contributed by atoms with van der Waals surface area (Å²) in [6, 6.07) is 2.06. The van der Waals surface area contributed by atoms with E-state index in [1.54, 1.807) is 29.2 Å². The van der Waals surface area contributed by atoms with Crippen molar-refractivity contribution >= 4 is 44.8 Å². The molecule has 0 amide bonds. The molecular weight excluding hydrogens is 380 g/mol. The summed E-state index contributed by atoms with van der Waals surface area (Å²) in [5.74, 6) is 1.10. The zero-order valence-corrected chi connectivity index (χ0v) is 15.8. The van der Waals surface area contributed by atoms with Gasteiger partial charge in [0.15, 0.2) is 5.78 Å². The summed E-state index contributed by atoms with van der Waals surface area (Å²) in [7, 11) is 0. The van der Waals surface area contributed by atoms with Crippen LogP contribution in [-0.2, 0) is 4.79 Å². The average Bonchev–Trinajstić information content (AvgIpc) is 2.99. The molecular formula is C17H21BrO2S2. The van der Waals surface area contributed by atoms with Gasteiger partial charge in [-0.1, -0.05) is 12.2 Å². The first-order valence-electron chi connectivity index (χ1n) is 7.40. The molecule has 1 aliphatic rings. The summed E-state index contributed by atoms with van der Waals surface area (Å²) >= 11 is 6.77. The number of allylic oxidation sites excluding steroid dienone is 3. The van der Waals surface area contributed by atoms with Crippen LogP contribution in [0.15, 0.2) is 39.6 Å². The molecule has 1 unspecified atom stereocenters. The van der Waals surface area contributed by atoms with E-state index in [1.165, 1.54) is 4.88 Å². The number of halogens is 1. The van der Waals surface area contributed by atoms with Crippen LogP contribution >= 0.6 is 39.0 Å². The number of carbonyl (C=O) groups excluding carboxylic acids is 1. The summed E-state index contributed by atoms with van der Waals surface area (Å²) in [5, 5.41) is 9.96. The molecule has 0 saturated heterocycles. The van der Waals surface area contributed by atoms with Crippen molar-refractivity contribution in [2.24, 2.45) is 11.8 Å². The highest BCUT2D eigenvalue weighted by atomic mass is 79.9. The summed E-state index contributed by atoms with van der Waals surface area (Å²) in [5.41, 5.74) is 0. The molecule has 1 aromatic rings. The van der Waals surface area contributed by atoms with E-state index < -0.39 is 0 Å². The highest BCUT2D eigenvalue weighted by Gasteiger charge is 2.32. The van der Waals surface area contributed by atoms with Crippen molar-refractivity contribution in [1.29, 1.82) is 0 Å². The maximum Gasteiger partial charge on any atom is 0.165 e. The van der Waals surface area contributed by atoms with E-state index in [0.717, 1.165) is 27.9 Å². The molecule has 2 nitrogen and oxygen atoms in total. The van der Waals surface area contributed by atoms with Gasteiger partial charge in [0.05, 0.1) is 16.1 Å². The van der Waals surface area contributed by atoms with E-state index >= 15 is 0 Å². The Hall–Kier alpha value is -0.360. The Morgan fingerprint density at radius 1 is 1.59 bits per heavy atom. The smallest absolute Gasteiger partial charge is 0.165 e. The van der Waals surface area contributed by atoms with Gasteiger partial charge in [-0.05, 0) is 66.1 Å². The van der Waals surface area contributed by atoms with Gasteiger partial charge in [0, 0.05) is 9.35 Å². The molecule has 120 valence electrons. The first kappa shape index (κ1) is 18.0. The standard InChI is InChI=1S/C17H21BrO2S2/c1-3-4-14-12(6-8-16(14)20)5-7-13(19)10-21-17-9-15(18)11(2)22-17/h3,5,7,9,12,14,16,20H,1,4,6,8,10H2,2H3/b7-5+/t12-,14+,16?/m0/s1. The Morgan fingerprint density at radius 3 is 3.00 bits per heavy atom. The number of ketones is 1. The second-order valence-corrected chi connectivity index (χ2v) is 8.97. The summed E-state index contributed by atoms with van der Waals surface area (Å²) in [4.78, 5) is 13.2. The number of thioether (sulfide) groups is 1. The molecule has 0 aliphatic heterocycles. The van der Waals surface area contributed by atoms with Crippen LogP contribution in [-0.4, -0.2) is 22.7 Å². The van der Waals surface area contributed by atoms with Crippen LogP contribution in [0.5, 0.6) is 0 Å². The molecule has 1 saturated carbocycles. The largest absolute Gasteiger partial charge is 0.393 e. The molecule has 2 rings (SSSR count). The Balaban J connectivity index is 1.84. The van der Waals surface area contributed by atoms with Crippen molar-refractivity contribution in [3.63, 3.8) is 0 Å². The van der Waals surface area contributed by atoms with Crippen LogP contribution in [0.25, 0.3) is 0 Å². The number of aryl methyl sites for hydroxylation is 1. The molecule has 1 heterocycles. The van der Waals surface area contributed by atoms with Gasteiger partial charge < -0.3 is 5.11 Å². The minimum Gasteiger partial charge on any atom is -0.393 e. The predicted molar refractivity (Wildman–Crippen MR) is 98.7 cm³/mol. The fourth-order valence-electron chi connectivity index (χ4n) is 2.77. The quantitative estimate of drug-likeness (QED) is 0.397. The number of rotatable bonds is 7. The maximum absolute atomic E-state index is 12.0. The minimum atomic E-state index is -0.261. The second kappa shape index (κ2) is 8.48. The second-order valence-electron chi connectivity index (χ2n) is 5.58. The van der Waals surface area contributed by atoms with Crippen LogP contribution in [0, 0.1) is 18.8 Å². The number of hydrogen-bond donors (Lipinski definition) is 1. The van der Waals surface area contributed by atoms with Gasteiger partial charge >= 0.3 is 0 Å². The van der Waals surface area contributed by atoms with Gasteiger partial charge in [0.25, 0.3) is 0 Å². The van der Waals surface area contributed by atoms with E-state index in [4.69, 9.17) is 0 Å². The number of hydrogen-bond acceptors (Lipinski definition) is 4. The number of aliphatic hydroxyl groups excluding tert-OH is 1. The average molecular weight is 401 g/mol. The molecule has 1 aromatic heterocycles. The Bertz CT molecular complexity index is 546. The van der Waals surface area contributed by atoms with Crippen LogP contribution < -0.4 is 0 Å². The first-order valence-corrected chi connectivity index (χ1v) is 9.99. The van der Waals surface area contributed by atoms with Crippen LogP contribution in [0.3, 0.4) is 0 Å². The monoisotopic (exact) mass is 400 g/mol. The lowest BCUT2D eigenvalue weighted by molar-refractivity contribution is -0.112. The summed E-state index contributed by atoms with van der Waals surface area (Å²) < 4.78 is 2.27. The van der Waals surface area contributed by atoms with Gasteiger partial charge in [0.2, 0.25) is 0 Å². The predicted octanol–water partition coefficient (Wildman–Crippen LogP) is 5.00. The zero-order valence-electron chi connectivity index (χ0n) is 12.6. The zero-order chi connectivity index (χ0) is 16.1. The molecule has 0 bridgehead atoms. The van der Waals surface area contributed by atoms with E-state index in [2.05, 4.69) is 35.5 Å². The third kappa shape index (κ3) is 4.82. The molecule has 22 heavy (non-hydrogen) atoms.